The smallest absolute Gasteiger partial charge is 0.272 e. The first-order valence-electron chi connectivity index (χ1n) is 5.80. The van der Waals surface area contributed by atoms with E-state index in [1.54, 1.807) is 19.9 Å². The highest BCUT2D eigenvalue weighted by molar-refractivity contribution is 5.44. The number of hydrogen-bond donors (Lipinski definition) is 1. The summed E-state index contributed by atoms with van der Waals surface area (Å²) in [5.41, 5.74) is 1.69. The zero-order chi connectivity index (χ0) is 13.8. The van der Waals surface area contributed by atoms with Gasteiger partial charge in [0, 0.05) is 25.1 Å². The lowest BCUT2D eigenvalue weighted by atomic mass is 10.1. The zero-order valence-electron chi connectivity index (χ0n) is 10.7. The lowest BCUT2D eigenvalue weighted by Gasteiger charge is -2.06. The third kappa shape index (κ3) is 3.14. The summed E-state index contributed by atoms with van der Waals surface area (Å²) in [6.45, 7) is 4.44. The molecule has 0 atom stereocenters. The van der Waals surface area contributed by atoms with E-state index in [2.05, 4.69) is 15.5 Å². The molecule has 7 heteroatoms. The zero-order valence-corrected chi connectivity index (χ0v) is 10.7. The number of nitro benzene ring substituents is 1. The van der Waals surface area contributed by atoms with Crippen molar-refractivity contribution in [3.05, 3.63) is 51.2 Å². The highest BCUT2D eigenvalue weighted by Gasteiger charge is 2.12. The van der Waals surface area contributed by atoms with Crippen molar-refractivity contribution in [3.63, 3.8) is 0 Å². The average molecular weight is 262 g/mol. The number of rotatable bonds is 5. The van der Waals surface area contributed by atoms with Crippen LogP contribution in [0.15, 0.2) is 22.7 Å². The number of aryl methyl sites for hydroxylation is 1. The molecule has 1 aromatic carbocycles. The molecule has 7 nitrogen and oxygen atoms in total. The van der Waals surface area contributed by atoms with E-state index in [0.29, 0.717) is 30.4 Å². The number of nitrogens with one attached hydrogen (secondary N) is 1. The molecular formula is C12H14N4O3. The largest absolute Gasteiger partial charge is 0.340 e. The average Bonchev–Trinajstić information content (AvgIpc) is 2.77. The molecule has 0 aliphatic carbocycles. The van der Waals surface area contributed by atoms with Crippen LogP contribution in [0.2, 0.25) is 0 Å². The molecule has 0 spiro atoms. The van der Waals surface area contributed by atoms with Crippen molar-refractivity contribution in [1.82, 2.24) is 15.5 Å². The van der Waals surface area contributed by atoms with Crippen molar-refractivity contribution in [1.29, 1.82) is 0 Å². The van der Waals surface area contributed by atoms with Crippen molar-refractivity contribution in [2.75, 3.05) is 0 Å². The molecular weight excluding hydrogens is 248 g/mol. The van der Waals surface area contributed by atoms with Crippen LogP contribution in [0, 0.1) is 24.0 Å². The molecule has 19 heavy (non-hydrogen) atoms. The van der Waals surface area contributed by atoms with Gasteiger partial charge >= 0.3 is 0 Å². The predicted molar refractivity (Wildman–Crippen MR) is 67.4 cm³/mol. The molecule has 2 aromatic rings. The summed E-state index contributed by atoms with van der Waals surface area (Å²) in [6.07, 6.45) is 0. The summed E-state index contributed by atoms with van der Waals surface area (Å²) in [5, 5.41) is 17.7. The third-order valence-electron chi connectivity index (χ3n) is 2.78. The van der Waals surface area contributed by atoms with Gasteiger partial charge in [0.1, 0.15) is 0 Å². The van der Waals surface area contributed by atoms with Crippen molar-refractivity contribution in [2.45, 2.75) is 26.9 Å². The summed E-state index contributed by atoms with van der Waals surface area (Å²) < 4.78 is 4.85. The van der Waals surface area contributed by atoms with E-state index in [1.165, 1.54) is 6.07 Å². The van der Waals surface area contributed by atoms with E-state index >= 15 is 0 Å². The molecule has 0 fully saturated rings. The van der Waals surface area contributed by atoms with Gasteiger partial charge in [-0.3, -0.25) is 10.1 Å². The third-order valence-corrected chi connectivity index (χ3v) is 2.78. The minimum absolute atomic E-state index is 0.134. The first-order valence-corrected chi connectivity index (χ1v) is 5.80. The Bertz CT molecular complexity index is 594. The van der Waals surface area contributed by atoms with Crippen molar-refractivity contribution >= 4 is 5.69 Å². The summed E-state index contributed by atoms with van der Waals surface area (Å²) in [4.78, 5) is 14.5. The summed E-state index contributed by atoms with van der Waals surface area (Å²) >= 11 is 0. The standard InChI is InChI=1S/C12H14N4O3/c1-8-10(4-3-5-11(8)16(17)18)6-13-7-12-14-9(2)19-15-12/h3-5,13H,6-7H2,1-2H3. The van der Waals surface area contributed by atoms with Crippen LogP contribution in [0.4, 0.5) is 5.69 Å². The van der Waals surface area contributed by atoms with Crippen LogP contribution >= 0.6 is 0 Å². The van der Waals surface area contributed by atoms with E-state index in [1.807, 2.05) is 6.07 Å². The molecule has 0 bridgehead atoms. The minimum Gasteiger partial charge on any atom is -0.340 e. The Balaban J connectivity index is 2.00. The van der Waals surface area contributed by atoms with Crippen LogP contribution in [-0.2, 0) is 13.1 Å². The highest BCUT2D eigenvalue weighted by Crippen LogP contribution is 2.20. The summed E-state index contributed by atoms with van der Waals surface area (Å²) in [6, 6.07) is 5.04. The number of hydrogen-bond acceptors (Lipinski definition) is 6. The van der Waals surface area contributed by atoms with Gasteiger partial charge < -0.3 is 9.84 Å². The Hall–Kier alpha value is -2.28. The Morgan fingerprint density at radius 3 is 2.79 bits per heavy atom. The molecule has 100 valence electrons. The Morgan fingerprint density at radius 2 is 2.16 bits per heavy atom. The molecule has 1 heterocycles. The van der Waals surface area contributed by atoms with Gasteiger partial charge in [-0.1, -0.05) is 17.3 Å². The lowest BCUT2D eigenvalue weighted by molar-refractivity contribution is -0.385. The van der Waals surface area contributed by atoms with Crippen LogP contribution in [0.25, 0.3) is 0 Å². The maximum absolute atomic E-state index is 10.8. The Labute approximate surface area is 109 Å². The van der Waals surface area contributed by atoms with Gasteiger partial charge in [-0.15, -0.1) is 0 Å². The van der Waals surface area contributed by atoms with Crippen LogP contribution in [0.1, 0.15) is 22.8 Å². The van der Waals surface area contributed by atoms with Crippen molar-refractivity contribution < 1.29 is 9.45 Å². The number of benzene rings is 1. The molecule has 1 aromatic heterocycles. The highest BCUT2D eigenvalue weighted by atomic mass is 16.6. The van der Waals surface area contributed by atoms with E-state index in [-0.39, 0.29) is 10.6 Å². The molecule has 0 saturated heterocycles. The Kier molecular flexibility index (Phi) is 3.86. The second kappa shape index (κ2) is 5.57. The number of aromatic nitrogens is 2. The van der Waals surface area contributed by atoms with Crippen LogP contribution < -0.4 is 5.32 Å². The summed E-state index contributed by atoms with van der Waals surface area (Å²) in [5.74, 6) is 1.09. The fourth-order valence-electron chi connectivity index (χ4n) is 1.78. The maximum atomic E-state index is 10.8. The second-order valence-electron chi connectivity index (χ2n) is 4.15. The van der Waals surface area contributed by atoms with Crippen molar-refractivity contribution in [3.8, 4) is 0 Å². The molecule has 2 rings (SSSR count). The predicted octanol–water partition coefficient (Wildman–Crippen LogP) is 1.88. The van der Waals surface area contributed by atoms with E-state index in [0.717, 1.165) is 5.56 Å². The van der Waals surface area contributed by atoms with Crippen LogP contribution in [0.3, 0.4) is 0 Å². The molecule has 0 saturated carbocycles. The fraction of sp³-hybridized carbons (Fsp3) is 0.333. The molecule has 0 amide bonds. The first kappa shape index (κ1) is 13.2. The SMILES string of the molecule is Cc1nc(CNCc2cccc([N+](=O)[O-])c2C)no1. The second-order valence-corrected chi connectivity index (χ2v) is 4.15. The fourth-order valence-corrected chi connectivity index (χ4v) is 1.78. The first-order chi connectivity index (χ1) is 9.08. The molecule has 0 aliphatic rings. The van der Waals surface area contributed by atoms with E-state index in [4.69, 9.17) is 4.52 Å². The molecule has 0 aliphatic heterocycles. The number of nitro groups is 1. The topological polar surface area (TPSA) is 94.1 Å². The summed E-state index contributed by atoms with van der Waals surface area (Å²) in [7, 11) is 0. The van der Waals surface area contributed by atoms with Gasteiger partial charge in [-0.05, 0) is 12.5 Å². The van der Waals surface area contributed by atoms with E-state index < -0.39 is 0 Å². The van der Waals surface area contributed by atoms with Gasteiger partial charge in [0.05, 0.1) is 11.5 Å². The lowest BCUT2D eigenvalue weighted by Crippen LogP contribution is -2.14. The molecule has 0 unspecified atom stereocenters. The van der Waals surface area contributed by atoms with Crippen LogP contribution in [0.5, 0.6) is 0 Å². The van der Waals surface area contributed by atoms with Gasteiger partial charge in [0.15, 0.2) is 5.82 Å². The monoisotopic (exact) mass is 262 g/mol. The minimum atomic E-state index is -0.374. The van der Waals surface area contributed by atoms with E-state index in [9.17, 15) is 10.1 Å². The van der Waals surface area contributed by atoms with Crippen LogP contribution in [-0.4, -0.2) is 15.1 Å². The van der Waals surface area contributed by atoms with Gasteiger partial charge in [0.2, 0.25) is 5.89 Å². The Morgan fingerprint density at radius 1 is 1.37 bits per heavy atom. The normalized spacial score (nSPS) is 10.6. The molecule has 1 N–H and O–H groups in total. The maximum Gasteiger partial charge on any atom is 0.272 e. The van der Waals surface area contributed by atoms with Gasteiger partial charge in [0.25, 0.3) is 5.69 Å². The quantitative estimate of drug-likeness (QED) is 0.653. The number of nitrogens with zero attached hydrogens (tertiary/aromatic N) is 3. The van der Waals surface area contributed by atoms with Crippen molar-refractivity contribution in [2.24, 2.45) is 0 Å². The van der Waals surface area contributed by atoms with Gasteiger partial charge in [-0.2, -0.15) is 4.98 Å². The molecule has 0 radical (unpaired) electrons. The van der Waals surface area contributed by atoms with Gasteiger partial charge in [-0.25, -0.2) is 0 Å².